The van der Waals surface area contributed by atoms with Gasteiger partial charge in [0.2, 0.25) is 0 Å². The van der Waals surface area contributed by atoms with Gasteiger partial charge in [-0.1, -0.05) is 5.16 Å². The Morgan fingerprint density at radius 1 is 1.71 bits per heavy atom. The first-order chi connectivity index (χ1) is 6.75. The second kappa shape index (κ2) is 4.11. The van der Waals surface area contributed by atoms with E-state index in [-0.39, 0.29) is 0 Å². The Hall–Kier alpha value is -0.870. The fourth-order valence-corrected chi connectivity index (χ4v) is 2.02. The van der Waals surface area contributed by atoms with Crippen LogP contribution in [0, 0.1) is 0 Å². The number of likely N-dealkylation sites (tertiary alicyclic amines) is 1. The Kier molecular flexibility index (Phi) is 2.84. The zero-order valence-corrected chi connectivity index (χ0v) is 8.52. The van der Waals surface area contributed by atoms with Gasteiger partial charge in [0.1, 0.15) is 0 Å². The van der Waals surface area contributed by atoms with E-state index in [2.05, 4.69) is 17.0 Å². The van der Waals surface area contributed by atoms with Crippen LogP contribution in [0.15, 0.2) is 16.8 Å². The molecule has 2 N–H and O–H groups in total. The van der Waals surface area contributed by atoms with Crippen molar-refractivity contribution in [3.63, 3.8) is 0 Å². The summed E-state index contributed by atoms with van der Waals surface area (Å²) in [6.07, 6.45) is 3.85. The van der Waals surface area contributed by atoms with Crippen molar-refractivity contribution in [1.29, 1.82) is 0 Å². The topological polar surface area (TPSA) is 55.3 Å². The molecule has 1 aliphatic rings. The summed E-state index contributed by atoms with van der Waals surface area (Å²) in [5.41, 5.74) is 5.90. The monoisotopic (exact) mass is 195 g/mol. The van der Waals surface area contributed by atoms with Crippen molar-refractivity contribution < 1.29 is 4.52 Å². The molecule has 1 aromatic rings. The van der Waals surface area contributed by atoms with Crippen LogP contribution in [0.2, 0.25) is 0 Å². The van der Waals surface area contributed by atoms with Gasteiger partial charge in [0.25, 0.3) is 0 Å². The highest BCUT2D eigenvalue weighted by Crippen LogP contribution is 2.18. The van der Waals surface area contributed by atoms with Gasteiger partial charge in [-0.2, -0.15) is 0 Å². The van der Waals surface area contributed by atoms with E-state index in [9.17, 15) is 0 Å². The average molecular weight is 195 g/mol. The van der Waals surface area contributed by atoms with Gasteiger partial charge in [-0.25, -0.2) is 0 Å². The summed E-state index contributed by atoms with van der Waals surface area (Å²) in [4.78, 5) is 2.39. The molecule has 0 radical (unpaired) electrons. The number of rotatable bonds is 2. The largest absolute Gasteiger partial charge is 0.360 e. The maximum atomic E-state index is 5.90. The van der Waals surface area contributed by atoms with Crippen LogP contribution in [0.25, 0.3) is 0 Å². The summed E-state index contributed by atoms with van der Waals surface area (Å²) in [5, 5.41) is 3.70. The minimum absolute atomic E-state index is 0.371. The fourth-order valence-electron chi connectivity index (χ4n) is 2.02. The molecule has 4 nitrogen and oxygen atoms in total. The van der Waals surface area contributed by atoms with Crippen molar-refractivity contribution in [2.75, 3.05) is 6.54 Å². The highest BCUT2D eigenvalue weighted by Gasteiger charge is 2.23. The van der Waals surface area contributed by atoms with Crippen molar-refractivity contribution in [3.8, 4) is 0 Å². The summed E-state index contributed by atoms with van der Waals surface area (Å²) < 4.78 is 5.09. The molecular formula is C10H17N3O. The van der Waals surface area contributed by atoms with E-state index in [0.29, 0.717) is 12.1 Å². The second-order valence-electron chi connectivity index (χ2n) is 4.08. The lowest BCUT2D eigenvalue weighted by molar-refractivity contribution is 0.126. The van der Waals surface area contributed by atoms with Gasteiger partial charge in [0, 0.05) is 24.7 Å². The van der Waals surface area contributed by atoms with Crippen LogP contribution >= 0.6 is 0 Å². The van der Waals surface area contributed by atoms with Crippen LogP contribution in [0.5, 0.6) is 0 Å². The van der Waals surface area contributed by atoms with Crippen LogP contribution in [0.4, 0.5) is 0 Å². The zero-order chi connectivity index (χ0) is 9.97. The van der Waals surface area contributed by atoms with Gasteiger partial charge in [-0.05, 0) is 19.8 Å². The maximum Gasteiger partial charge on any atom is 0.150 e. The molecule has 0 bridgehead atoms. The lowest BCUT2D eigenvalue weighted by Gasteiger charge is -2.35. The molecular weight excluding hydrogens is 178 g/mol. The molecule has 2 unspecified atom stereocenters. The van der Waals surface area contributed by atoms with Gasteiger partial charge >= 0.3 is 0 Å². The second-order valence-corrected chi connectivity index (χ2v) is 4.08. The van der Waals surface area contributed by atoms with Gasteiger partial charge < -0.3 is 10.3 Å². The molecule has 14 heavy (non-hydrogen) atoms. The van der Waals surface area contributed by atoms with Crippen LogP contribution in [-0.4, -0.2) is 28.7 Å². The van der Waals surface area contributed by atoms with E-state index >= 15 is 0 Å². The van der Waals surface area contributed by atoms with E-state index in [0.717, 1.165) is 31.7 Å². The Morgan fingerprint density at radius 2 is 2.57 bits per heavy atom. The minimum Gasteiger partial charge on any atom is -0.360 e. The van der Waals surface area contributed by atoms with Gasteiger partial charge in [0.15, 0.2) is 5.76 Å². The lowest BCUT2D eigenvalue weighted by atomic mass is 9.99. The summed E-state index contributed by atoms with van der Waals surface area (Å²) in [5.74, 6) is 0.937. The number of hydrogen-bond acceptors (Lipinski definition) is 4. The van der Waals surface area contributed by atoms with Crippen molar-refractivity contribution >= 4 is 0 Å². The highest BCUT2D eigenvalue weighted by molar-refractivity contribution is 4.94. The molecule has 1 fully saturated rings. The van der Waals surface area contributed by atoms with Crippen molar-refractivity contribution in [3.05, 3.63) is 18.0 Å². The summed E-state index contributed by atoms with van der Waals surface area (Å²) in [7, 11) is 0. The molecule has 0 amide bonds. The van der Waals surface area contributed by atoms with Crippen LogP contribution in [0.3, 0.4) is 0 Å². The number of nitrogens with two attached hydrogens (primary N) is 1. The van der Waals surface area contributed by atoms with Crippen molar-refractivity contribution in [2.24, 2.45) is 5.73 Å². The van der Waals surface area contributed by atoms with E-state index < -0.39 is 0 Å². The van der Waals surface area contributed by atoms with Crippen LogP contribution in [0.1, 0.15) is 25.5 Å². The predicted molar refractivity (Wildman–Crippen MR) is 53.6 cm³/mol. The third-order valence-corrected chi connectivity index (χ3v) is 2.90. The quantitative estimate of drug-likeness (QED) is 0.764. The molecule has 2 heterocycles. The molecule has 0 spiro atoms. The Labute approximate surface area is 84.0 Å². The number of hydrogen-bond donors (Lipinski definition) is 1. The minimum atomic E-state index is 0.371. The molecule has 4 heteroatoms. The lowest BCUT2D eigenvalue weighted by Crippen LogP contribution is -2.44. The van der Waals surface area contributed by atoms with E-state index in [1.54, 1.807) is 6.20 Å². The Morgan fingerprint density at radius 3 is 3.21 bits per heavy atom. The zero-order valence-electron chi connectivity index (χ0n) is 8.52. The summed E-state index contributed by atoms with van der Waals surface area (Å²) in [6.45, 7) is 4.13. The number of aromatic nitrogens is 1. The number of piperidine rings is 1. The van der Waals surface area contributed by atoms with Crippen molar-refractivity contribution in [2.45, 2.75) is 38.4 Å². The molecule has 0 aromatic carbocycles. The molecule has 1 aliphatic heterocycles. The molecule has 1 saturated heterocycles. The summed E-state index contributed by atoms with van der Waals surface area (Å²) in [6, 6.07) is 2.83. The normalized spacial score (nSPS) is 29.3. The van der Waals surface area contributed by atoms with Crippen LogP contribution in [-0.2, 0) is 6.54 Å². The van der Waals surface area contributed by atoms with Gasteiger partial charge in [-0.15, -0.1) is 0 Å². The van der Waals surface area contributed by atoms with E-state index in [4.69, 9.17) is 10.3 Å². The number of nitrogens with zero attached hydrogens (tertiary/aromatic N) is 2. The first kappa shape index (κ1) is 9.68. The van der Waals surface area contributed by atoms with E-state index in [1.807, 2.05) is 6.07 Å². The molecule has 0 aliphatic carbocycles. The Balaban J connectivity index is 1.92. The highest BCUT2D eigenvalue weighted by atomic mass is 16.5. The Bertz CT molecular complexity index is 273. The molecule has 1 aromatic heterocycles. The smallest absolute Gasteiger partial charge is 0.150 e. The maximum absolute atomic E-state index is 5.90. The van der Waals surface area contributed by atoms with Gasteiger partial charge in [-0.3, -0.25) is 4.90 Å². The molecule has 2 atom stereocenters. The SMILES string of the molecule is CC1CC(N)CCN1Cc1ccno1. The van der Waals surface area contributed by atoms with Crippen LogP contribution < -0.4 is 5.73 Å². The first-order valence-corrected chi connectivity index (χ1v) is 5.15. The van der Waals surface area contributed by atoms with E-state index in [1.165, 1.54) is 0 Å². The average Bonchev–Trinajstić information content (AvgIpc) is 2.62. The van der Waals surface area contributed by atoms with Gasteiger partial charge in [0.05, 0.1) is 12.7 Å². The predicted octanol–water partition coefficient (Wildman–Crippen LogP) is 0.986. The third kappa shape index (κ3) is 2.13. The standard InChI is InChI=1S/C10H17N3O/c1-8-6-9(11)3-5-13(8)7-10-2-4-12-14-10/h2,4,8-9H,3,5-7,11H2,1H3. The van der Waals surface area contributed by atoms with Crippen molar-refractivity contribution in [1.82, 2.24) is 10.1 Å². The molecule has 0 saturated carbocycles. The fraction of sp³-hybridized carbons (Fsp3) is 0.700. The molecule has 78 valence electrons. The summed E-state index contributed by atoms with van der Waals surface area (Å²) >= 11 is 0. The third-order valence-electron chi connectivity index (χ3n) is 2.90. The molecule has 2 rings (SSSR count). The first-order valence-electron chi connectivity index (χ1n) is 5.15.